The molecule has 6 nitrogen and oxygen atoms in total. The molecule has 1 saturated heterocycles. The molecule has 0 aromatic carbocycles. The van der Waals surface area contributed by atoms with Crippen LogP contribution in [0.3, 0.4) is 0 Å². The summed E-state index contributed by atoms with van der Waals surface area (Å²) in [4.78, 5) is 27.7. The highest BCUT2D eigenvalue weighted by Crippen LogP contribution is 2.07. The average Bonchev–Trinajstić information content (AvgIpc) is 2.83. The summed E-state index contributed by atoms with van der Waals surface area (Å²) in [6.07, 6.45) is 2.44. The Hall–Kier alpha value is -1.82. The first-order valence-electron chi connectivity index (χ1n) is 7.03. The lowest BCUT2D eigenvalue weighted by atomic mass is 10.3. The van der Waals surface area contributed by atoms with Gasteiger partial charge in [-0.2, -0.15) is 0 Å². The maximum Gasteiger partial charge on any atom is 0.312 e. The Kier molecular flexibility index (Phi) is 5.17. The molecule has 0 radical (unpaired) electrons. The van der Waals surface area contributed by atoms with Crippen molar-refractivity contribution in [3.8, 4) is 0 Å². The molecule has 0 aliphatic carbocycles. The van der Waals surface area contributed by atoms with Crippen LogP contribution in [-0.2, 0) is 16.1 Å². The van der Waals surface area contributed by atoms with Crippen LogP contribution in [0.25, 0.3) is 0 Å². The summed E-state index contributed by atoms with van der Waals surface area (Å²) in [6, 6.07) is 3.58. The molecule has 0 saturated carbocycles. The van der Waals surface area contributed by atoms with Crippen molar-refractivity contribution in [3.63, 3.8) is 0 Å². The molecule has 110 valence electrons. The molecule has 1 N–H and O–H groups in total. The van der Waals surface area contributed by atoms with Gasteiger partial charge in [0.2, 0.25) is 0 Å². The van der Waals surface area contributed by atoms with Gasteiger partial charge in [0.1, 0.15) is 5.76 Å². The summed E-state index contributed by atoms with van der Waals surface area (Å²) in [7, 11) is 0. The lowest BCUT2D eigenvalue weighted by Gasteiger charge is -2.24. The second-order valence-corrected chi connectivity index (χ2v) is 4.79. The average molecular weight is 279 g/mol. The summed E-state index contributed by atoms with van der Waals surface area (Å²) in [6.45, 7) is 5.53. The Labute approximate surface area is 118 Å². The molecule has 1 aromatic rings. The maximum atomic E-state index is 12.3. The smallest absolute Gasteiger partial charge is 0.312 e. The first-order chi connectivity index (χ1) is 9.72. The van der Waals surface area contributed by atoms with E-state index in [2.05, 4.69) is 5.32 Å². The maximum absolute atomic E-state index is 12.3. The lowest BCUT2D eigenvalue weighted by molar-refractivity contribution is -0.152. The van der Waals surface area contributed by atoms with Gasteiger partial charge in [0.05, 0.1) is 12.8 Å². The predicted octanol–water partition coefficient (Wildman–Crippen LogP) is 0.450. The topological polar surface area (TPSA) is 65.8 Å². The van der Waals surface area contributed by atoms with Gasteiger partial charge in [-0.3, -0.25) is 9.59 Å². The highest BCUT2D eigenvalue weighted by Gasteiger charge is 2.27. The Morgan fingerprint density at radius 2 is 2.25 bits per heavy atom. The van der Waals surface area contributed by atoms with Crippen LogP contribution in [0.1, 0.15) is 19.1 Å². The van der Waals surface area contributed by atoms with Crippen molar-refractivity contribution >= 4 is 11.8 Å². The Balaban J connectivity index is 1.97. The number of rotatable bonds is 3. The number of hydrogen-bond donors (Lipinski definition) is 1. The van der Waals surface area contributed by atoms with Crippen LogP contribution >= 0.6 is 0 Å². The van der Waals surface area contributed by atoms with Gasteiger partial charge in [-0.15, -0.1) is 0 Å². The lowest BCUT2D eigenvalue weighted by Crippen LogP contribution is -2.46. The molecule has 0 bridgehead atoms. The summed E-state index contributed by atoms with van der Waals surface area (Å²) >= 11 is 0. The molecule has 20 heavy (non-hydrogen) atoms. The van der Waals surface area contributed by atoms with E-state index in [9.17, 15) is 9.59 Å². The standard InChI is InChI=1S/C14H21N3O3/c1-2-16(11-12-5-3-10-20-12)13(18)14(19)17-8-4-6-15-7-9-17/h3,5,10,15H,2,4,6-9,11H2,1H3. The third-order valence-corrected chi connectivity index (χ3v) is 3.41. The highest BCUT2D eigenvalue weighted by atomic mass is 16.3. The zero-order valence-corrected chi connectivity index (χ0v) is 11.8. The summed E-state index contributed by atoms with van der Waals surface area (Å²) in [5, 5.41) is 3.22. The monoisotopic (exact) mass is 279 g/mol. The third-order valence-electron chi connectivity index (χ3n) is 3.41. The molecular formula is C14H21N3O3. The fourth-order valence-electron chi connectivity index (χ4n) is 2.24. The highest BCUT2D eigenvalue weighted by molar-refractivity contribution is 6.34. The van der Waals surface area contributed by atoms with E-state index in [1.165, 1.54) is 4.90 Å². The van der Waals surface area contributed by atoms with Gasteiger partial charge >= 0.3 is 11.8 Å². The zero-order valence-electron chi connectivity index (χ0n) is 11.8. The van der Waals surface area contributed by atoms with Crippen molar-refractivity contribution in [2.75, 3.05) is 32.7 Å². The van der Waals surface area contributed by atoms with Crippen LogP contribution in [0.4, 0.5) is 0 Å². The van der Waals surface area contributed by atoms with Gasteiger partial charge in [0.15, 0.2) is 0 Å². The van der Waals surface area contributed by atoms with Crippen molar-refractivity contribution in [1.29, 1.82) is 0 Å². The number of nitrogens with zero attached hydrogens (tertiary/aromatic N) is 2. The van der Waals surface area contributed by atoms with Gasteiger partial charge in [-0.1, -0.05) is 0 Å². The fraction of sp³-hybridized carbons (Fsp3) is 0.571. The van der Waals surface area contributed by atoms with Gasteiger partial charge in [-0.25, -0.2) is 0 Å². The Morgan fingerprint density at radius 1 is 1.40 bits per heavy atom. The zero-order chi connectivity index (χ0) is 14.4. The summed E-state index contributed by atoms with van der Waals surface area (Å²) in [5.41, 5.74) is 0. The Bertz CT molecular complexity index is 437. The SMILES string of the molecule is CCN(Cc1ccco1)C(=O)C(=O)N1CCCNCC1. The minimum absolute atomic E-state index is 0.333. The van der Waals surface area contributed by atoms with Gasteiger partial charge < -0.3 is 19.5 Å². The first kappa shape index (κ1) is 14.6. The quantitative estimate of drug-likeness (QED) is 0.816. The van der Waals surface area contributed by atoms with Crippen molar-refractivity contribution < 1.29 is 14.0 Å². The van der Waals surface area contributed by atoms with E-state index in [1.807, 2.05) is 6.92 Å². The second kappa shape index (κ2) is 7.09. The van der Waals surface area contributed by atoms with Gasteiger partial charge in [0.25, 0.3) is 0 Å². The molecule has 1 aromatic heterocycles. The molecule has 0 spiro atoms. The van der Waals surface area contributed by atoms with Crippen LogP contribution in [0.2, 0.25) is 0 Å². The number of likely N-dealkylation sites (N-methyl/N-ethyl adjacent to an activating group) is 1. The molecule has 1 fully saturated rings. The minimum atomic E-state index is -0.453. The van der Waals surface area contributed by atoms with E-state index in [1.54, 1.807) is 23.3 Å². The number of carbonyl (C=O) groups is 2. The molecule has 6 heteroatoms. The van der Waals surface area contributed by atoms with Crippen LogP contribution in [0.15, 0.2) is 22.8 Å². The molecule has 2 amide bonds. The van der Waals surface area contributed by atoms with Crippen molar-refractivity contribution in [1.82, 2.24) is 15.1 Å². The fourth-order valence-corrected chi connectivity index (χ4v) is 2.24. The number of furan rings is 1. The molecule has 1 aliphatic rings. The normalized spacial score (nSPS) is 15.8. The molecule has 2 rings (SSSR count). The molecule has 1 aliphatic heterocycles. The van der Waals surface area contributed by atoms with E-state index in [4.69, 9.17) is 4.42 Å². The minimum Gasteiger partial charge on any atom is -0.467 e. The van der Waals surface area contributed by atoms with Crippen LogP contribution < -0.4 is 5.32 Å². The van der Waals surface area contributed by atoms with E-state index in [-0.39, 0.29) is 0 Å². The van der Waals surface area contributed by atoms with E-state index in [0.29, 0.717) is 31.9 Å². The third kappa shape index (κ3) is 3.60. The number of carbonyl (C=O) groups excluding carboxylic acids is 2. The first-order valence-corrected chi connectivity index (χ1v) is 7.03. The van der Waals surface area contributed by atoms with E-state index >= 15 is 0 Å². The number of hydrogen-bond acceptors (Lipinski definition) is 4. The summed E-state index contributed by atoms with van der Waals surface area (Å²) < 4.78 is 5.23. The number of nitrogens with one attached hydrogen (secondary N) is 1. The second-order valence-electron chi connectivity index (χ2n) is 4.79. The molecule has 0 atom stereocenters. The predicted molar refractivity (Wildman–Crippen MR) is 73.9 cm³/mol. The Morgan fingerprint density at radius 3 is 2.95 bits per heavy atom. The number of amides is 2. The summed E-state index contributed by atoms with van der Waals surface area (Å²) in [5.74, 6) is -0.182. The largest absolute Gasteiger partial charge is 0.467 e. The van der Waals surface area contributed by atoms with E-state index < -0.39 is 11.8 Å². The van der Waals surface area contributed by atoms with Crippen molar-refractivity contribution in [2.45, 2.75) is 19.9 Å². The van der Waals surface area contributed by atoms with Crippen LogP contribution in [0.5, 0.6) is 0 Å². The van der Waals surface area contributed by atoms with Gasteiger partial charge in [0, 0.05) is 26.2 Å². The molecule has 0 unspecified atom stereocenters. The van der Waals surface area contributed by atoms with E-state index in [0.717, 1.165) is 19.5 Å². The molecular weight excluding hydrogens is 258 g/mol. The molecule has 2 heterocycles. The van der Waals surface area contributed by atoms with Crippen LogP contribution in [0, 0.1) is 0 Å². The van der Waals surface area contributed by atoms with Crippen molar-refractivity contribution in [2.24, 2.45) is 0 Å². The van der Waals surface area contributed by atoms with Crippen LogP contribution in [-0.4, -0.2) is 54.3 Å². The van der Waals surface area contributed by atoms with Crippen molar-refractivity contribution in [3.05, 3.63) is 24.2 Å². The van der Waals surface area contributed by atoms with Gasteiger partial charge in [-0.05, 0) is 32.0 Å².